The molecule has 0 aliphatic carbocycles. The van der Waals surface area contributed by atoms with Gasteiger partial charge in [-0.25, -0.2) is 0 Å². The highest BCUT2D eigenvalue weighted by Crippen LogP contribution is 2.26. The van der Waals surface area contributed by atoms with Crippen molar-refractivity contribution >= 4 is 5.69 Å². The summed E-state index contributed by atoms with van der Waals surface area (Å²) < 4.78 is 5.13. The summed E-state index contributed by atoms with van der Waals surface area (Å²) in [6, 6.07) is 12.3. The molecule has 2 aromatic carbocycles. The van der Waals surface area contributed by atoms with Gasteiger partial charge in [0.25, 0.3) is 5.69 Å². The molecule has 1 atom stereocenters. The van der Waals surface area contributed by atoms with Crippen LogP contribution in [0.25, 0.3) is 0 Å². The third kappa shape index (κ3) is 3.62. The van der Waals surface area contributed by atoms with Gasteiger partial charge in [0.1, 0.15) is 5.75 Å². The minimum absolute atomic E-state index is 0.0809. The standard InChI is InChI=1S/C17H20N2O3/c1-3-13-6-7-14(19(20)21)11-16(13)17(18)10-12-4-8-15(22-2)9-5-12/h4-9,11,17H,3,10,18H2,1-2H3. The summed E-state index contributed by atoms with van der Waals surface area (Å²) >= 11 is 0. The maximum atomic E-state index is 11.0. The maximum Gasteiger partial charge on any atom is 0.269 e. The molecule has 2 N–H and O–H groups in total. The van der Waals surface area contributed by atoms with E-state index in [4.69, 9.17) is 10.5 Å². The van der Waals surface area contributed by atoms with Gasteiger partial charge in [-0.2, -0.15) is 0 Å². The molecular weight excluding hydrogens is 280 g/mol. The highest BCUT2D eigenvalue weighted by atomic mass is 16.6. The Kier molecular flexibility index (Phi) is 5.12. The second-order valence-electron chi connectivity index (χ2n) is 5.15. The lowest BCUT2D eigenvalue weighted by Crippen LogP contribution is -2.15. The Balaban J connectivity index is 2.25. The molecule has 0 aliphatic rings. The first kappa shape index (κ1) is 16.0. The van der Waals surface area contributed by atoms with Crippen LogP contribution in [0.2, 0.25) is 0 Å². The Morgan fingerprint density at radius 2 is 1.91 bits per heavy atom. The van der Waals surface area contributed by atoms with E-state index < -0.39 is 0 Å². The fourth-order valence-electron chi connectivity index (χ4n) is 2.49. The Morgan fingerprint density at radius 1 is 1.23 bits per heavy atom. The van der Waals surface area contributed by atoms with Crippen molar-refractivity contribution in [2.75, 3.05) is 7.11 Å². The van der Waals surface area contributed by atoms with E-state index >= 15 is 0 Å². The molecule has 0 fully saturated rings. The predicted molar refractivity (Wildman–Crippen MR) is 86.1 cm³/mol. The van der Waals surface area contributed by atoms with Gasteiger partial charge < -0.3 is 10.5 Å². The number of nitrogens with zero attached hydrogens (tertiary/aromatic N) is 1. The van der Waals surface area contributed by atoms with E-state index in [9.17, 15) is 10.1 Å². The lowest BCUT2D eigenvalue weighted by molar-refractivity contribution is -0.384. The molecule has 2 rings (SSSR count). The van der Waals surface area contributed by atoms with Gasteiger partial charge in [-0.15, -0.1) is 0 Å². The number of benzene rings is 2. The Bertz CT molecular complexity index is 653. The van der Waals surface area contributed by atoms with Crippen LogP contribution in [0.4, 0.5) is 5.69 Å². The molecular formula is C17H20N2O3. The van der Waals surface area contributed by atoms with Crippen molar-refractivity contribution in [2.45, 2.75) is 25.8 Å². The number of nitro benzene ring substituents is 1. The number of aryl methyl sites for hydroxylation is 1. The van der Waals surface area contributed by atoms with Crippen LogP contribution in [0.3, 0.4) is 0 Å². The van der Waals surface area contributed by atoms with Crippen LogP contribution in [-0.2, 0) is 12.8 Å². The molecule has 116 valence electrons. The zero-order chi connectivity index (χ0) is 16.1. The smallest absolute Gasteiger partial charge is 0.269 e. The first-order valence-corrected chi connectivity index (χ1v) is 7.20. The molecule has 1 unspecified atom stereocenters. The highest BCUT2D eigenvalue weighted by molar-refractivity contribution is 5.42. The van der Waals surface area contributed by atoms with Gasteiger partial charge in [0.05, 0.1) is 12.0 Å². The molecule has 0 heterocycles. The molecule has 5 heteroatoms. The largest absolute Gasteiger partial charge is 0.497 e. The van der Waals surface area contributed by atoms with Gasteiger partial charge in [-0.05, 0) is 41.7 Å². The van der Waals surface area contributed by atoms with E-state index in [0.29, 0.717) is 6.42 Å². The molecule has 0 amide bonds. The SMILES string of the molecule is CCc1ccc([N+](=O)[O-])cc1C(N)Cc1ccc(OC)cc1. The van der Waals surface area contributed by atoms with Crippen molar-refractivity contribution in [3.63, 3.8) is 0 Å². The zero-order valence-electron chi connectivity index (χ0n) is 12.8. The Morgan fingerprint density at radius 3 is 2.45 bits per heavy atom. The van der Waals surface area contributed by atoms with E-state index in [0.717, 1.165) is 28.9 Å². The third-order valence-corrected chi connectivity index (χ3v) is 3.74. The summed E-state index contributed by atoms with van der Waals surface area (Å²) in [6.07, 6.45) is 1.42. The van der Waals surface area contributed by atoms with Gasteiger partial charge in [0.2, 0.25) is 0 Å². The maximum absolute atomic E-state index is 11.0. The molecule has 0 radical (unpaired) electrons. The quantitative estimate of drug-likeness (QED) is 0.655. The van der Waals surface area contributed by atoms with Crippen LogP contribution in [0.5, 0.6) is 5.75 Å². The number of nitrogens with two attached hydrogens (primary N) is 1. The molecule has 5 nitrogen and oxygen atoms in total. The molecule has 0 aromatic heterocycles. The molecule has 0 bridgehead atoms. The number of rotatable bonds is 6. The van der Waals surface area contributed by atoms with Crippen molar-refractivity contribution in [3.8, 4) is 5.75 Å². The van der Waals surface area contributed by atoms with Crippen LogP contribution in [0, 0.1) is 10.1 Å². The van der Waals surface area contributed by atoms with Gasteiger partial charge in [-0.1, -0.05) is 25.1 Å². The second-order valence-corrected chi connectivity index (χ2v) is 5.15. The summed E-state index contributed by atoms with van der Waals surface area (Å²) in [5.41, 5.74) is 9.33. The number of nitro groups is 1. The fourth-order valence-corrected chi connectivity index (χ4v) is 2.49. The minimum atomic E-state index is -0.386. The lowest BCUT2D eigenvalue weighted by Gasteiger charge is -2.16. The zero-order valence-corrected chi connectivity index (χ0v) is 12.8. The van der Waals surface area contributed by atoms with Crippen LogP contribution < -0.4 is 10.5 Å². The first-order chi connectivity index (χ1) is 10.5. The van der Waals surface area contributed by atoms with E-state index in [1.807, 2.05) is 31.2 Å². The average Bonchev–Trinajstić information content (AvgIpc) is 2.54. The summed E-state index contributed by atoms with van der Waals surface area (Å²) in [6.45, 7) is 2.02. The number of methoxy groups -OCH3 is 1. The van der Waals surface area contributed by atoms with Crippen LogP contribution >= 0.6 is 0 Å². The molecule has 0 aliphatic heterocycles. The molecule has 22 heavy (non-hydrogen) atoms. The average molecular weight is 300 g/mol. The fraction of sp³-hybridized carbons (Fsp3) is 0.294. The normalized spacial score (nSPS) is 12.0. The Labute approximate surface area is 129 Å². The van der Waals surface area contributed by atoms with Gasteiger partial charge in [0, 0.05) is 18.2 Å². The van der Waals surface area contributed by atoms with Gasteiger partial charge >= 0.3 is 0 Å². The van der Waals surface area contributed by atoms with Crippen molar-refractivity contribution < 1.29 is 9.66 Å². The lowest BCUT2D eigenvalue weighted by atomic mass is 9.94. The van der Waals surface area contributed by atoms with Gasteiger partial charge in [0.15, 0.2) is 0 Å². The predicted octanol–water partition coefficient (Wildman–Crippen LogP) is 3.41. The van der Waals surface area contributed by atoms with Crippen LogP contribution in [-0.4, -0.2) is 12.0 Å². The van der Waals surface area contributed by atoms with Gasteiger partial charge in [-0.3, -0.25) is 10.1 Å². The number of non-ortho nitro benzene ring substituents is 1. The summed E-state index contributed by atoms with van der Waals surface area (Å²) in [4.78, 5) is 10.6. The van der Waals surface area contributed by atoms with Crippen LogP contribution in [0.1, 0.15) is 29.7 Å². The highest BCUT2D eigenvalue weighted by Gasteiger charge is 2.16. The topological polar surface area (TPSA) is 78.4 Å². The van der Waals surface area contributed by atoms with Crippen molar-refractivity contribution in [3.05, 3.63) is 69.3 Å². The first-order valence-electron chi connectivity index (χ1n) is 7.20. The minimum Gasteiger partial charge on any atom is -0.497 e. The molecule has 0 spiro atoms. The third-order valence-electron chi connectivity index (χ3n) is 3.74. The van der Waals surface area contributed by atoms with Crippen molar-refractivity contribution in [1.29, 1.82) is 0 Å². The van der Waals surface area contributed by atoms with Crippen LogP contribution in [0.15, 0.2) is 42.5 Å². The summed E-state index contributed by atoms with van der Waals surface area (Å²) in [5.74, 6) is 0.793. The number of hydrogen-bond acceptors (Lipinski definition) is 4. The number of ether oxygens (including phenoxy) is 1. The Hall–Kier alpha value is -2.40. The molecule has 0 saturated carbocycles. The van der Waals surface area contributed by atoms with E-state index in [2.05, 4.69) is 0 Å². The summed E-state index contributed by atoms with van der Waals surface area (Å²) in [7, 11) is 1.62. The van der Waals surface area contributed by atoms with E-state index in [1.54, 1.807) is 19.2 Å². The number of hydrogen-bond donors (Lipinski definition) is 1. The van der Waals surface area contributed by atoms with E-state index in [-0.39, 0.29) is 16.7 Å². The second kappa shape index (κ2) is 7.04. The molecule has 2 aromatic rings. The van der Waals surface area contributed by atoms with Crippen molar-refractivity contribution in [1.82, 2.24) is 0 Å². The monoisotopic (exact) mass is 300 g/mol. The van der Waals surface area contributed by atoms with Crippen molar-refractivity contribution in [2.24, 2.45) is 5.73 Å². The summed E-state index contributed by atoms with van der Waals surface area (Å²) in [5, 5.41) is 11.0. The van der Waals surface area contributed by atoms with E-state index in [1.165, 1.54) is 6.07 Å². The molecule has 0 saturated heterocycles.